The van der Waals surface area contributed by atoms with E-state index >= 15 is 0 Å². The van der Waals surface area contributed by atoms with E-state index in [0.29, 0.717) is 18.7 Å². The summed E-state index contributed by atoms with van der Waals surface area (Å²) >= 11 is 2.18. The second-order valence-electron chi connectivity index (χ2n) is 6.60. The molecule has 6 heteroatoms. The van der Waals surface area contributed by atoms with Gasteiger partial charge in [0.05, 0.1) is 0 Å². The number of likely N-dealkylation sites (tertiary alicyclic amines) is 1. The molecule has 0 radical (unpaired) electrons. The number of carbonyl (C=O) groups is 1. The van der Waals surface area contributed by atoms with E-state index in [1.54, 1.807) is 6.07 Å². The largest absolute Gasteiger partial charge is 0.444 e. The molecule has 0 aromatic heterocycles. The average Bonchev–Trinajstić information content (AvgIpc) is 2.78. The highest BCUT2D eigenvalue weighted by molar-refractivity contribution is 14.1. The molecule has 1 fully saturated rings. The van der Waals surface area contributed by atoms with Crippen LogP contribution in [-0.4, -0.2) is 35.7 Å². The van der Waals surface area contributed by atoms with Crippen LogP contribution in [0.15, 0.2) is 18.2 Å². The van der Waals surface area contributed by atoms with Crippen LogP contribution in [0.3, 0.4) is 0 Å². The molecule has 2 rings (SSSR count). The number of ether oxygens (including phenoxy) is 1. The third kappa shape index (κ3) is 5.39. The van der Waals surface area contributed by atoms with Gasteiger partial charge in [0.15, 0.2) is 0 Å². The number of hydrogen-bond acceptors (Lipinski definition) is 3. The predicted molar refractivity (Wildman–Crippen MR) is 92.2 cm³/mol. The van der Waals surface area contributed by atoms with Crippen molar-refractivity contribution in [3.8, 4) is 0 Å². The van der Waals surface area contributed by atoms with Gasteiger partial charge in [-0.05, 0) is 68.0 Å². The van der Waals surface area contributed by atoms with Gasteiger partial charge in [-0.25, -0.2) is 9.18 Å². The molecule has 1 N–H and O–H groups in total. The van der Waals surface area contributed by atoms with Gasteiger partial charge in [0.1, 0.15) is 11.4 Å². The lowest BCUT2D eigenvalue weighted by Gasteiger charge is -2.22. The molecule has 1 amide bonds. The minimum Gasteiger partial charge on any atom is -0.444 e. The monoisotopic (exact) mass is 420 g/mol. The number of nitrogens with zero attached hydrogens (tertiary/aromatic N) is 1. The Labute approximate surface area is 144 Å². The van der Waals surface area contributed by atoms with E-state index in [9.17, 15) is 9.18 Å². The Morgan fingerprint density at radius 2 is 2.23 bits per heavy atom. The molecule has 1 heterocycles. The third-order valence-corrected chi connectivity index (χ3v) is 4.07. The van der Waals surface area contributed by atoms with Crippen molar-refractivity contribution in [2.45, 2.75) is 45.4 Å². The van der Waals surface area contributed by atoms with Gasteiger partial charge in [-0.15, -0.1) is 0 Å². The first-order valence-electron chi connectivity index (χ1n) is 7.39. The molecule has 1 aliphatic rings. The van der Waals surface area contributed by atoms with Crippen LogP contribution < -0.4 is 5.32 Å². The summed E-state index contributed by atoms with van der Waals surface area (Å²) < 4.78 is 20.1. The van der Waals surface area contributed by atoms with Crippen LogP contribution in [0.2, 0.25) is 0 Å². The Kier molecular flexibility index (Phi) is 5.65. The number of benzene rings is 1. The van der Waals surface area contributed by atoms with E-state index in [1.807, 2.05) is 26.8 Å². The summed E-state index contributed by atoms with van der Waals surface area (Å²) in [6.07, 6.45) is 0.463. The molecule has 0 spiro atoms. The van der Waals surface area contributed by atoms with E-state index < -0.39 is 5.60 Å². The van der Waals surface area contributed by atoms with E-state index in [-0.39, 0.29) is 18.0 Å². The molecular formula is C16H22FIN2O2. The molecule has 0 saturated carbocycles. The first-order chi connectivity index (χ1) is 10.2. The van der Waals surface area contributed by atoms with Crippen LogP contribution in [0, 0.1) is 9.39 Å². The molecule has 1 aliphatic heterocycles. The fourth-order valence-corrected chi connectivity index (χ4v) is 3.03. The summed E-state index contributed by atoms with van der Waals surface area (Å²) in [4.78, 5) is 13.9. The molecule has 22 heavy (non-hydrogen) atoms. The van der Waals surface area contributed by atoms with Crippen molar-refractivity contribution in [2.24, 2.45) is 0 Å². The Morgan fingerprint density at radius 3 is 2.91 bits per heavy atom. The fraction of sp³-hybridized carbons (Fsp3) is 0.562. The molecule has 4 nitrogen and oxygen atoms in total. The maximum Gasteiger partial charge on any atom is 0.407 e. The van der Waals surface area contributed by atoms with Gasteiger partial charge in [-0.1, -0.05) is 0 Å². The van der Waals surface area contributed by atoms with Crippen molar-refractivity contribution in [2.75, 3.05) is 13.1 Å². The van der Waals surface area contributed by atoms with Crippen LogP contribution in [0.4, 0.5) is 9.18 Å². The van der Waals surface area contributed by atoms with Gasteiger partial charge in [0, 0.05) is 34.8 Å². The summed E-state index contributed by atoms with van der Waals surface area (Å²) in [6, 6.07) is 5.19. The van der Waals surface area contributed by atoms with Crippen LogP contribution in [0.25, 0.3) is 0 Å². The van der Waals surface area contributed by atoms with E-state index in [4.69, 9.17) is 4.74 Å². The quantitative estimate of drug-likeness (QED) is 0.761. The summed E-state index contributed by atoms with van der Waals surface area (Å²) in [5.74, 6) is -0.177. The van der Waals surface area contributed by atoms with Crippen LogP contribution in [0.5, 0.6) is 0 Å². The zero-order chi connectivity index (χ0) is 16.3. The van der Waals surface area contributed by atoms with Crippen molar-refractivity contribution in [1.82, 2.24) is 10.2 Å². The molecule has 1 aromatic rings. The van der Waals surface area contributed by atoms with Crippen molar-refractivity contribution in [3.63, 3.8) is 0 Å². The van der Waals surface area contributed by atoms with Crippen LogP contribution in [0.1, 0.15) is 32.8 Å². The normalized spacial score (nSPS) is 19.2. The molecule has 1 aromatic carbocycles. The predicted octanol–water partition coefficient (Wildman–Crippen LogP) is 3.53. The summed E-state index contributed by atoms with van der Waals surface area (Å²) in [5.41, 5.74) is 0.205. The average molecular weight is 420 g/mol. The van der Waals surface area contributed by atoms with Gasteiger partial charge in [0.2, 0.25) is 0 Å². The van der Waals surface area contributed by atoms with Crippen molar-refractivity contribution >= 4 is 28.7 Å². The highest BCUT2D eigenvalue weighted by Crippen LogP contribution is 2.18. The van der Waals surface area contributed by atoms with Crippen LogP contribution >= 0.6 is 22.6 Å². The number of alkyl carbamates (subject to hydrolysis) is 1. The highest BCUT2D eigenvalue weighted by atomic mass is 127. The van der Waals surface area contributed by atoms with Crippen molar-refractivity contribution in [3.05, 3.63) is 33.1 Å². The number of hydrogen-bond donors (Lipinski definition) is 1. The van der Waals surface area contributed by atoms with Gasteiger partial charge in [-0.2, -0.15) is 0 Å². The SMILES string of the molecule is CC(C)(C)OC(=O)NC1CCN(Cc2cc(I)ccc2F)C1. The second-order valence-corrected chi connectivity index (χ2v) is 7.85. The number of halogens is 2. The molecule has 1 saturated heterocycles. The Hall–Kier alpha value is -0.890. The molecule has 1 atom stereocenters. The lowest BCUT2D eigenvalue weighted by Crippen LogP contribution is -2.40. The number of nitrogens with one attached hydrogen (secondary N) is 1. The summed E-state index contributed by atoms with van der Waals surface area (Å²) in [7, 11) is 0. The lowest BCUT2D eigenvalue weighted by molar-refractivity contribution is 0.0505. The third-order valence-electron chi connectivity index (χ3n) is 3.39. The van der Waals surface area contributed by atoms with E-state index in [1.165, 1.54) is 6.07 Å². The topological polar surface area (TPSA) is 41.6 Å². The maximum absolute atomic E-state index is 13.8. The number of amides is 1. The van der Waals surface area contributed by atoms with E-state index in [2.05, 4.69) is 32.8 Å². The Bertz CT molecular complexity index is 545. The van der Waals surface area contributed by atoms with Crippen molar-refractivity contribution < 1.29 is 13.9 Å². The molecular weight excluding hydrogens is 398 g/mol. The molecule has 122 valence electrons. The zero-order valence-electron chi connectivity index (χ0n) is 13.2. The molecule has 0 bridgehead atoms. The van der Waals surface area contributed by atoms with Gasteiger partial charge in [0.25, 0.3) is 0 Å². The molecule has 0 aliphatic carbocycles. The van der Waals surface area contributed by atoms with E-state index in [0.717, 1.165) is 16.5 Å². The second kappa shape index (κ2) is 7.12. The number of carbonyl (C=O) groups excluding carboxylic acids is 1. The first kappa shape index (κ1) is 17.5. The lowest BCUT2D eigenvalue weighted by atomic mass is 10.2. The summed E-state index contributed by atoms with van der Waals surface area (Å²) in [5, 5.41) is 2.88. The maximum atomic E-state index is 13.8. The minimum atomic E-state index is -0.494. The number of rotatable bonds is 3. The highest BCUT2D eigenvalue weighted by Gasteiger charge is 2.26. The summed E-state index contributed by atoms with van der Waals surface area (Å²) in [6.45, 7) is 7.64. The van der Waals surface area contributed by atoms with Crippen LogP contribution in [-0.2, 0) is 11.3 Å². The zero-order valence-corrected chi connectivity index (χ0v) is 15.3. The Balaban J connectivity index is 1.85. The van der Waals surface area contributed by atoms with Gasteiger partial charge >= 0.3 is 6.09 Å². The first-order valence-corrected chi connectivity index (χ1v) is 8.46. The minimum absolute atomic E-state index is 0.0562. The van der Waals surface area contributed by atoms with Gasteiger partial charge < -0.3 is 10.1 Å². The van der Waals surface area contributed by atoms with Gasteiger partial charge in [-0.3, -0.25) is 4.90 Å². The smallest absolute Gasteiger partial charge is 0.407 e. The molecule has 1 unspecified atom stereocenters. The standard InChI is InChI=1S/C16H22FIN2O2/c1-16(2,3)22-15(21)19-13-6-7-20(10-13)9-11-8-12(18)4-5-14(11)17/h4-5,8,13H,6-7,9-10H2,1-3H3,(H,19,21). The van der Waals surface area contributed by atoms with Crippen molar-refractivity contribution in [1.29, 1.82) is 0 Å². The fourth-order valence-electron chi connectivity index (χ4n) is 2.47. The Morgan fingerprint density at radius 1 is 1.50 bits per heavy atom.